The molecule has 1 aromatic rings. The van der Waals surface area contributed by atoms with E-state index in [1.54, 1.807) is 0 Å². The van der Waals surface area contributed by atoms with Crippen LogP contribution in [0.1, 0.15) is 6.23 Å². The molecule has 3 unspecified atom stereocenters. The van der Waals surface area contributed by atoms with Crippen molar-refractivity contribution in [2.45, 2.75) is 18.4 Å². The molecule has 0 amide bonds. The second-order valence-electron chi connectivity index (χ2n) is 3.38. The minimum absolute atomic E-state index is 0.521. The van der Waals surface area contributed by atoms with Crippen LogP contribution >= 0.6 is 0 Å². The van der Waals surface area contributed by atoms with E-state index in [-0.39, 0.29) is 0 Å². The fourth-order valence-corrected chi connectivity index (χ4v) is 1.31. The summed E-state index contributed by atoms with van der Waals surface area (Å²) in [6.07, 6.45) is -3.13. The van der Waals surface area contributed by atoms with E-state index >= 15 is 0 Å². The van der Waals surface area contributed by atoms with Gasteiger partial charge in [-0.25, -0.2) is 4.79 Å². The van der Waals surface area contributed by atoms with Crippen LogP contribution in [0.3, 0.4) is 0 Å². The van der Waals surface area contributed by atoms with Crippen molar-refractivity contribution in [3.05, 3.63) is 33.1 Å². The molecule has 0 radical (unpaired) electrons. The highest BCUT2D eigenvalue weighted by Crippen LogP contribution is 2.10. The van der Waals surface area contributed by atoms with E-state index in [0.717, 1.165) is 16.8 Å². The lowest BCUT2D eigenvalue weighted by molar-refractivity contribution is -0.118. The lowest BCUT2D eigenvalue weighted by Crippen LogP contribution is -2.43. The standard InChI is InChI=1S/C9H14N2O6/c1-17-5(4-12)7(14)8(15)11-3-2-6(13)10-9(11)16/h2-3,5,7-8,12,14-15H,4H2,1H3,(H,10,13,16). The average molecular weight is 246 g/mol. The Hall–Kier alpha value is -1.48. The van der Waals surface area contributed by atoms with Crippen LogP contribution in [0.5, 0.6) is 0 Å². The van der Waals surface area contributed by atoms with Crippen LogP contribution in [-0.4, -0.2) is 50.8 Å². The number of aliphatic hydroxyl groups is 3. The molecule has 0 spiro atoms. The van der Waals surface area contributed by atoms with Gasteiger partial charge in [0.25, 0.3) is 5.56 Å². The summed E-state index contributed by atoms with van der Waals surface area (Å²) in [5.41, 5.74) is -1.48. The fourth-order valence-electron chi connectivity index (χ4n) is 1.31. The maximum atomic E-state index is 11.3. The third-order valence-corrected chi connectivity index (χ3v) is 2.31. The summed E-state index contributed by atoms with van der Waals surface area (Å²) in [7, 11) is 1.24. The van der Waals surface area contributed by atoms with E-state index in [4.69, 9.17) is 9.84 Å². The molecular formula is C9H14N2O6. The highest BCUT2D eigenvalue weighted by Gasteiger charge is 2.27. The Bertz CT molecular complexity index is 463. The predicted molar refractivity (Wildman–Crippen MR) is 56.5 cm³/mol. The van der Waals surface area contributed by atoms with Gasteiger partial charge >= 0.3 is 5.69 Å². The number of methoxy groups -OCH3 is 1. The van der Waals surface area contributed by atoms with Gasteiger partial charge in [0.05, 0.1) is 6.61 Å². The van der Waals surface area contributed by atoms with Gasteiger partial charge in [0, 0.05) is 19.4 Å². The van der Waals surface area contributed by atoms with Crippen LogP contribution in [0, 0.1) is 0 Å². The minimum atomic E-state index is -1.63. The minimum Gasteiger partial charge on any atom is -0.394 e. The summed E-state index contributed by atoms with van der Waals surface area (Å²) in [4.78, 5) is 24.0. The number of nitrogens with one attached hydrogen (secondary N) is 1. The summed E-state index contributed by atoms with van der Waals surface area (Å²) >= 11 is 0. The Morgan fingerprint density at radius 1 is 1.47 bits per heavy atom. The van der Waals surface area contributed by atoms with Gasteiger partial charge < -0.3 is 20.1 Å². The van der Waals surface area contributed by atoms with Crippen molar-refractivity contribution >= 4 is 0 Å². The number of nitrogens with zero attached hydrogens (tertiary/aromatic N) is 1. The van der Waals surface area contributed by atoms with Gasteiger partial charge in [-0.1, -0.05) is 0 Å². The largest absolute Gasteiger partial charge is 0.394 e. The third-order valence-electron chi connectivity index (χ3n) is 2.31. The molecular weight excluding hydrogens is 232 g/mol. The summed E-state index contributed by atoms with van der Waals surface area (Å²) in [5.74, 6) is 0. The predicted octanol–water partition coefficient (Wildman–Crippen LogP) is -2.60. The summed E-state index contributed by atoms with van der Waals surface area (Å²) in [6, 6.07) is 1.03. The van der Waals surface area contributed by atoms with Crippen LogP contribution in [0.2, 0.25) is 0 Å². The molecule has 0 aliphatic heterocycles. The number of hydrogen-bond donors (Lipinski definition) is 4. The van der Waals surface area contributed by atoms with Gasteiger partial charge in [-0.15, -0.1) is 0 Å². The SMILES string of the molecule is COC(CO)C(O)C(O)n1ccc(=O)[nH]c1=O. The summed E-state index contributed by atoms with van der Waals surface area (Å²) in [6.45, 7) is -0.521. The first-order valence-electron chi connectivity index (χ1n) is 4.82. The summed E-state index contributed by atoms with van der Waals surface area (Å²) < 4.78 is 5.45. The normalized spacial score (nSPS) is 16.5. The molecule has 0 aliphatic carbocycles. The second kappa shape index (κ2) is 5.73. The maximum absolute atomic E-state index is 11.3. The van der Waals surface area contributed by atoms with Gasteiger partial charge in [-0.05, 0) is 0 Å². The Labute approximate surface area is 95.7 Å². The molecule has 8 heteroatoms. The average Bonchev–Trinajstić information content (AvgIpc) is 2.29. The highest BCUT2D eigenvalue weighted by molar-refractivity contribution is 4.86. The van der Waals surface area contributed by atoms with Gasteiger partial charge in [0.1, 0.15) is 12.2 Å². The molecule has 1 rings (SSSR count). The fraction of sp³-hybridized carbons (Fsp3) is 0.556. The highest BCUT2D eigenvalue weighted by atomic mass is 16.5. The molecule has 0 aliphatic rings. The van der Waals surface area contributed by atoms with E-state index in [0.29, 0.717) is 0 Å². The van der Waals surface area contributed by atoms with Crippen molar-refractivity contribution in [2.24, 2.45) is 0 Å². The zero-order chi connectivity index (χ0) is 13.0. The van der Waals surface area contributed by atoms with Gasteiger partial charge in [-0.2, -0.15) is 0 Å². The summed E-state index contributed by atoms with van der Waals surface area (Å²) in [5, 5.41) is 28.2. The van der Waals surface area contributed by atoms with Crippen molar-refractivity contribution < 1.29 is 20.1 Å². The zero-order valence-corrected chi connectivity index (χ0v) is 9.11. The maximum Gasteiger partial charge on any atom is 0.330 e. The van der Waals surface area contributed by atoms with Crippen molar-refractivity contribution in [1.29, 1.82) is 0 Å². The second-order valence-corrected chi connectivity index (χ2v) is 3.38. The number of hydrogen-bond acceptors (Lipinski definition) is 6. The number of aromatic nitrogens is 2. The molecule has 0 saturated carbocycles. The van der Waals surface area contributed by atoms with Crippen LogP contribution in [0.25, 0.3) is 0 Å². The van der Waals surface area contributed by atoms with Gasteiger partial charge in [0.2, 0.25) is 0 Å². The van der Waals surface area contributed by atoms with E-state index in [1.165, 1.54) is 7.11 Å². The Morgan fingerprint density at radius 2 is 2.12 bits per heavy atom. The lowest BCUT2D eigenvalue weighted by Gasteiger charge is -2.25. The van der Waals surface area contributed by atoms with E-state index in [2.05, 4.69) is 0 Å². The van der Waals surface area contributed by atoms with Crippen LogP contribution in [-0.2, 0) is 4.74 Å². The smallest absolute Gasteiger partial charge is 0.330 e. The first-order chi connectivity index (χ1) is 8.01. The zero-order valence-electron chi connectivity index (χ0n) is 9.11. The topological polar surface area (TPSA) is 125 Å². The van der Waals surface area contributed by atoms with Crippen LogP contribution in [0.4, 0.5) is 0 Å². The number of aliphatic hydroxyl groups excluding tert-OH is 3. The molecule has 8 nitrogen and oxygen atoms in total. The first kappa shape index (κ1) is 13.6. The lowest BCUT2D eigenvalue weighted by atomic mass is 10.2. The molecule has 0 saturated heterocycles. The van der Waals surface area contributed by atoms with Crippen molar-refractivity contribution in [3.63, 3.8) is 0 Å². The van der Waals surface area contributed by atoms with Crippen LogP contribution < -0.4 is 11.2 Å². The van der Waals surface area contributed by atoms with E-state index in [1.807, 2.05) is 4.98 Å². The Balaban J connectivity index is 2.99. The van der Waals surface area contributed by atoms with Crippen LogP contribution in [0.15, 0.2) is 21.9 Å². The third kappa shape index (κ3) is 3.01. The number of rotatable bonds is 5. The molecule has 0 fully saturated rings. The van der Waals surface area contributed by atoms with Gasteiger partial charge in [0.15, 0.2) is 6.23 Å². The molecule has 1 heterocycles. The molecule has 17 heavy (non-hydrogen) atoms. The Morgan fingerprint density at radius 3 is 2.59 bits per heavy atom. The monoisotopic (exact) mass is 246 g/mol. The van der Waals surface area contributed by atoms with E-state index in [9.17, 15) is 19.8 Å². The molecule has 0 bridgehead atoms. The number of H-pyrrole nitrogens is 1. The number of aromatic amines is 1. The van der Waals surface area contributed by atoms with E-state index < -0.39 is 36.3 Å². The quantitative estimate of drug-likeness (QED) is 0.451. The van der Waals surface area contributed by atoms with Crippen molar-refractivity contribution in [2.75, 3.05) is 13.7 Å². The first-order valence-corrected chi connectivity index (χ1v) is 4.82. The van der Waals surface area contributed by atoms with Crippen molar-refractivity contribution in [3.8, 4) is 0 Å². The molecule has 0 aromatic carbocycles. The Kier molecular flexibility index (Phi) is 4.58. The number of ether oxygens (including phenoxy) is 1. The molecule has 96 valence electrons. The molecule has 1 aromatic heterocycles. The molecule has 3 atom stereocenters. The van der Waals surface area contributed by atoms with Gasteiger partial charge in [-0.3, -0.25) is 14.3 Å². The molecule has 4 N–H and O–H groups in total. The van der Waals surface area contributed by atoms with Crippen molar-refractivity contribution in [1.82, 2.24) is 9.55 Å².